The van der Waals surface area contributed by atoms with Crippen LogP contribution in [0, 0.1) is 5.82 Å². The molecule has 6 nitrogen and oxygen atoms in total. The van der Waals surface area contributed by atoms with Crippen LogP contribution in [0.4, 0.5) is 15.8 Å². The number of halogens is 3. The maximum absolute atomic E-state index is 13.5. The van der Waals surface area contributed by atoms with Crippen LogP contribution in [-0.2, 0) is 0 Å². The molecule has 1 unspecified atom stereocenters. The lowest BCUT2D eigenvalue weighted by atomic mass is 10.2. The molecule has 0 aliphatic carbocycles. The zero-order chi connectivity index (χ0) is 18.8. The molecule has 0 spiro atoms. The Bertz CT molecular complexity index is 883. The smallest absolute Gasteiger partial charge is 0.222 e. The van der Waals surface area contributed by atoms with Crippen molar-refractivity contribution in [2.75, 3.05) is 23.3 Å². The lowest BCUT2D eigenvalue weighted by Crippen LogP contribution is -2.54. The number of benzene rings is 2. The maximum atomic E-state index is 13.5. The van der Waals surface area contributed by atoms with E-state index in [1.54, 1.807) is 6.07 Å². The second-order valence-corrected chi connectivity index (χ2v) is 6.85. The van der Waals surface area contributed by atoms with E-state index in [2.05, 4.69) is 20.2 Å². The van der Waals surface area contributed by atoms with Crippen molar-refractivity contribution in [3.8, 4) is 0 Å². The molecule has 0 aromatic heterocycles. The third kappa shape index (κ3) is 4.15. The van der Waals surface area contributed by atoms with E-state index in [0.717, 1.165) is 37.6 Å². The lowest BCUT2D eigenvalue weighted by molar-refractivity contribution is 0.497. The second kappa shape index (κ2) is 8.67. The van der Waals surface area contributed by atoms with Crippen LogP contribution in [0.15, 0.2) is 58.5 Å². The molecule has 2 aliphatic rings. The van der Waals surface area contributed by atoms with Gasteiger partial charge in [0.2, 0.25) is 18.2 Å². The van der Waals surface area contributed by atoms with Crippen molar-refractivity contribution < 1.29 is 4.39 Å². The molecule has 1 atom stereocenters. The van der Waals surface area contributed by atoms with Crippen molar-refractivity contribution in [1.82, 2.24) is 4.90 Å². The first-order valence-corrected chi connectivity index (χ1v) is 9.22. The Morgan fingerprint density at radius 2 is 1.82 bits per heavy atom. The molecule has 0 bridgehead atoms. The Balaban J connectivity index is 0.00000225. The molecule has 0 radical (unpaired) electrons. The van der Waals surface area contributed by atoms with Crippen LogP contribution in [0.5, 0.6) is 0 Å². The quantitative estimate of drug-likeness (QED) is 0.786. The summed E-state index contributed by atoms with van der Waals surface area (Å²) in [5, 5.41) is 3.33. The number of hydrogen-bond acceptors (Lipinski definition) is 6. The van der Waals surface area contributed by atoms with Gasteiger partial charge in [-0.1, -0.05) is 29.8 Å². The average molecular weight is 423 g/mol. The van der Waals surface area contributed by atoms with E-state index in [4.69, 9.17) is 17.3 Å². The highest BCUT2D eigenvalue weighted by atomic mass is 35.5. The van der Waals surface area contributed by atoms with E-state index in [-0.39, 0.29) is 23.4 Å². The molecule has 2 aromatic rings. The molecule has 148 valence electrons. The Morgan fingerprint density at radius 3 is 2.50 bits per heavy atom. The predicted octanol–water partition coefficient (Wildman–Crippen LogP) is 3.88. The fourth-order valence-corrected chi connectivity index (χ4v) is 3.48. The van der Waals surface area contributed by atoms with Gasteiger partial charge in [-0.25, -0.2) is 9.38 Å². The predicted molar refractivity (Wildman–Crippen MR) is 115 cm³/mol. The molecular weight excluding hydrogens is 402 g/mol. The standard InChI is InChI=1S/C19H20ClFN6.ClH/c20-15-12-13(8-9-16(15)21)23-18-24-17(22)25-19(26-10-4-5-11-26)27(18)14-6-2-1-3-7-14;/h1-3,6-9,12,18,23H,4-5,10-11H2,(H2,22,24);1H. The van der Waals surface area contributed by atoms with Gasteiger partial charge >= 0.3 is 0 Å². The first kappa shape index (κ1) is 20.2. The summed E-state index contributed by atoms with van der Waals surface area (Å²) in [6.45, 7) is 1.84. The maximum Gasteiger partial charge on any atom is 0.222 e. The first-order chi connectivity index (χ1) is 13.1. The normalized spacial score (nSPS) is 19.0. The monoisotopic (exact) mass is 422 g/mol. The van der Waals surface area contributed by atoms with Gasteiger partial charge in [-0.05, 0) is 43.2 Å². The number of nitrogens with one attached hydrogen (secondary N) is 1. The van der Waals surface area contributed by atoms with E-state index in [1.165, 1.54) is 12.1 Å². The summed E-state index contributed by atoms with van der Waals surface area (Å²) in [5.41, 5.74) is 7.59. The highest BCUT2D eigenvalue weighted by Crippen LogP contribution is 2.26. The average Bonchev–Trinajstić information content (AvgIpc) is 3.20. The molecule has 0 saturated carbocycles. The fourth-order valence-electron chi connectivity index (χ4n) is 3.29. The Morgan fingerprint density at radius 1 is 1.11 bits per heavy atom. The van der Waals surface area contributed by atoms with Gasteiger partial charge in [0.1, 0.15) is 5.82 Å². The van der Waals surface area contributed by atoms with E-state index in [0.29, 0.717) is 5.69 Å². The molecule has 9 heteroatoms. The highest BCUT2D eigenvalue weighted by molar-refractivity contribution is 6.31. The molecule has 2 aliphatic heterocycles. The molecule has 4 rings (SSSR count). The van der Waals surface area contributed by atoms with Gasteiger partial charge in [0.05, 0.1) is 5.02 Å². The SMILES string of the molecule is Cl.NC1=NC(Nc2ccc(F)c(Cl)c2)N(c2ccccc2)C(N2CCCC2)=N1. The number of likely N-dealkylation sites (tertiary alicyclic amines) is 1. The molecule has 2 aromatic carbocycles. The minimum atomic E-state index is -0.526. The van der Waals surface area contributed by atoms with Crippen molar-refractivity contribution in [3.63, 3.8) is 0 Å². The van der Waals surface area contributed by atoms with Crippen molar-refractivity contribution in [2.24, 2.45) is 15.7 Å². The van der Waals surface area contributed by atoms with Crippen LogP contribution in [0.2, 0.25) is 5.02 Å². The fraction of sp³-hybridized carbons (Fsp3) is 0.263. The third-order valence-corrected chi connectivity index (χ3v) is 4.86. The molecule has 28 heavy (non-hydrogen) atoms. The van der Waals surface area contributed by atoms with Crippen molar-refractivity contribution >= 4 is 47.3 Å². The molecule has 2 heterocycles. The van der Waals surface area contributed by atoms with Crippen molar-refractivity contribution in [2.45, 2.75) is 19.1 Å². The van der Waals surface area contributed by atoms with Crippen molar-refractivity contribution in [1.29, 1.82) is 0 Å². The van der Waals surface area contributed by atoms with Crippen molar-refractivity contribution in [3.05, 3.63) is 59.4 Å². The zero-order valence-corrected chi connectivity index (χ0v) is 16.6. The topological polar surface area (TPSA) is 69.2 Å². The molecule has 0 amide bonds. The van der Waals surface area contributed by atoms with Gasteiger partial charge < -0.3 is 16.0 Å². The number of guanidine groups is 2. The summed E-state index contributed by atoms with van der Waals surface area (Å²) in [5.74, 6) is 0.500. The third-order valence-electron chi connectivity index (χ3n) is 4.57. The Hall–Kier alpha value is -2.51. The molecule has 1 fully saturated rings. The number of nitrogens with two attached hydrogens (primary N) is 1. The van der Waals surface area contributed by atoms with E-state index < -0.39 is 12.1 Å². The van der Waals surface area contributed by atoms with Gasteiger partial charge in [0, 0.05) is 24.5 Å². The largest absolute Gasteiger partial charge is 0.368 e. The van der Waals surface area contributed by atoms with Crippen LogP contribution >= 0.6 is 24.0 Å². The zero-order valence-electron chi connectivity index (χ0n) is 15.1. The number of hydrogen-bond donors (Lipinski definition) is 2. The summed E-state index contributed by atoms with van der Waals surface area (Å²) < 4.78 is 13.5. The molecular formula is C19H21Cl2FN6. The number of nitrogens with zero attached hydrogens (tertiary/aromatic N) is 4. The first-order valence-electron chi connectivity index (χ1n) is 8.84. The van der Waals surface area contributed by atoms with Crippen LogP contribution in [0.25, 0.3) is 0 Å². The van der Waals surface area contributed by atoms with Gasteiger partial charge in [-0.2, -0.15) is 4.99 Å². The highest BCUT2D eigenvalue weighted by Gasteiger charge is 2.32. The van der Waals surface area contributed by atoms with E-state index in [9.17, 15) is 4.39 Å². The molecule has 1 saturated heterocycles. The van der Waals surface area contributed by atoms with Crippen LogP contribution in [0.3, 0.4) is 0 Å². The lowest BCUT2D eigenvalue weighted by Gasteiger charge is -2.38. The summed E-state index contributed by atoms with van der Waals surface area (Å²) in [7, 11) is 0. The second-order valence-electron chi connectivity index (χ2n) is 6.45. The number of aliphatic imine (C=N–C) groups is 2. The van der Waals surface area contributed by atoms with Crippen LogP contribution < -0.4 is 16.0 Å². The summed E-state index contributed by atoms with van der Waals surface area (Å²) in [6, 6.07) is 14.4. The Labute approximate surface area is 174 Å². The number of rotatable bonds is 3. The van der Waals surface area contributed by atoms with E-state index >= 15 is 0 Å². The van der Waals surface area contributed by atoms with Gasteiger partial charge in [-0.3, -0.25) is 4.90 Å². The van der Waals surface area contributed by atoms with Crippen LogP contribution in [0.1, 0.15) is 12.8 Å². The minimum absolute atomic E-state index is 0. The van der Waals surface area contributed by atoms with Gasteiger partial charge in [0.25, 0.3) is 0 Å². The van der Waals surface area contributed by atoms with Gasteiger partial charge in [0.15, 0.2) is 0 Å². The van der Waals surface area contributed by atoms with Gasteiger partial charge in [-0.15, -0.1) is 12.4 Å². The molecule has 3 N–H and O–H groups in total. The minimum Gasteiger partial charge on any atom is -0.368 e. The Kier molecular flexibility index (Phi) is 6.26. The number of para-hydroxylation sites is 1. The summed E-state index contributed by atoms with van der Waals surface area (Å²) in [4.78, 5) is 13.2. The summed E-state index contributed by atoms with van der Waals surface area (Å²) in [6.07, 6.45) is 1.70. The number of anilines is 2. The van der Waals surface area contributed by atoms with Crippen LogP contribution in [-0.4, -0.2) is 36.2 Å². The summed E-state index contributed by atoms with van der Waals surface area (Å²) >= 11 is 5.92. The van der Waals surface area contributed by atoms with E-state index in [1.807, 2.05) is 35.2 Å².